The standard InChI is InChI=1S/C28H27NO5/c1-32-26(30)16-15-21-11-5-6-12-22(21)17-23-13-7-8-14-24(23)27-29-25(19-33-27)28(31)34-18-20-9-3-2-4-10-20/h2-14,25H,15-19H2,1H3. The van der Waals surface area contributed by atoms with Crippen molar-refractivity contribution in [1.82, 2.24) is 0 Å². The molecule has 1 aliphatic rings. The van der Waals surface area contributed by atoms with E-state index in [-0.39, 0.29) is 19.2 Å². The van der Waals surface area contributed by atoms with Gasteiger partial charge in [-0.2, -0.15) is 0 Å². The third kappa shape index (κ3) is 5.90. The van der Waals surface area contributed by atoms with E-state index >= 15 is 0 Å². The molecule has 6 nitrogen and oxygen atoms in total. The molecule has 0 saturated carbocycles. The third-order valence-electron chi connectivity index (χ3n) is 5.72. The van der Waals surface area contributed by atoms with E-state index in [0.29, 0.717) is 25.2 Å². The van der Waals surface area contributed by atoms with E-state index in [4.69, 9.17) is 14.2 Å². The molecule has 1 atom stereocenters. The molecule has 0 bridgehead atoms. The van der Waals surface area contributed by atoms with Gasteiger partial charge >= 0.3 is 11.9 Å². The SMILES string of the molecule is COC(=O)CCc1ccccc1Cc1ccccc1C1=NC(C(=O)OCc2ccccc2)CO1. The van der Waals surface area contributed by atoms with Gasteiger partial charge in [0, 0.05) is 12.0 Å². The zero-order valence-electron chi connectivity index (χ0n) is 19.1. The first-order chi connectivity index (χ1) is 16.6. The third-order valence-corrected chi connectivity index (χ3v) is 5.72. The van der Waals surface area contributed by atoms with Crippen molar-refractivity contribution in [2.45, 2.75) is 31.9 Å². The molecule has 1 heterocycles. The van der Waals surface area contributed by atoms with Gasteiger partial charge in [0.05, 0.1) is 7.11 Å². The molecule has 0 saturated heterocycles. The van der Waals surface area contributed by atoms with Gasteiger partial charge in [-0.1, -0.05) is 72.8 Å². The Bertz CT molecular complexity index is 1170. The van der Waals surface area contributed by atoms with Crippen LogP contribution < -0.4 is 0 Å². The number of ether oxygens (including phenoxy) is 3. The number of carbonyl (C=O) groups excluding carboxylic acids is 2. The van der Waals surface area contributed by atoms with Crippen molar-refractivity contribution < 1.29 is 23.8 Å². The monoisotopic (exact) mass is 457 g/mol. The van der Waals surface area contributed by atoms with Crippen molar-refractivity contribution in [3.63, 3.8) is 0 Å². The second kappa shape index (κ2) is 11.3. The lowest BCUT2D eigenvalue weighted by Crippen LogP contribution is -2.22. The number of methoxy groups -OCH3 is 1. The Morgan fingerprint density at radius 1 is 0.912 bits per heavy atom. The highest BCUT2D eigenvalue weighted by atomic mass is 16.5. The highest BCUT2D eigenvalue weighted by Crippen LogP contribution is 2.22. The lowest BCUT2D eigenvalue weighted by Gasteiger charge is -2.12. The van der Waals surface area contributed by atoms with Crippen LogP contribution in [-0.4, -0.2) is 37.6 Å². The average molecular weight is 458 g/mol. The van der Waals surface area contributed by atoms with E-state index in [1.807, 2.05) is 72.8 Å². The van der Waals surface area contributed by atoms with Crippen LogP contribution >= 0.6 is 0 Å². The fourth-order valence-electron chi connectivity index (χ4n) is 3.87. The zero-order chi connectivity index (χ0) is 23.8. The van der Waals surface area contributed by atoms with Gasteiger partial charge in [-0.3, -0.25) is 4.79 Å². The molecule has 0 radical (unpaired) electrons. The van der Waals surface area contributed by atoms with E-state index in [1.54, 1.807) is 0 Å². The van der Waals surface area contributed by atoms with Crippen LogP contribution in [0.25, 0.3) is 0 Å². The van der Waals surface area contributed by atoms with E-state index in [2.05, 4.69) is 11.1 Å². The van der Waals surface area contributed by atoms with Crippen molar-refractivity contribution in [1.29, 1.82) is 0 Å². The molecule has 34 heavy (non-hydrogen) atoms. The summed E-state index contributed by atoms with van der Waals surface area (Å²) in [6.07, 6.45) is 1.59. The summed E-state index contributed by atoms with van der Waals surface area (Å²) in [5, 5.41) is 0. The minimum absolute atomic E-state index is 0.160. The minimum Gasteiger partial charge on any atom is -0.475 e. The highest BCUT2D eigenvalue weighted by molar-refractivity contribution is 5.98. The van der Waals surface area contributed by atoms with Crippen LogP contribution in [0.15, 0.2) is 83.9 Å². The first-order valence-electron chi connectivity index (χ1n) is 11.3. The molecule has 3 aromatic rings. The van der Waals surface area contributed by atoms with Crippen LogP contribution in [0, 0.1) is 0 Å². The number of hydrogen-bond donors (Lipinski definition) is 0. The Morgan fingerprint density at radius 2 is 1.59 bits per heavy atom. The lowest BCUT2D eigenvalue weighted by atomic mass is 9.94. The van der Waals surface area contributed by atoms with E-state index in [9.17, 15) is 9.59 Å². The van der Waals surface area contributed by atoms with Crippen molar-refractivity contribution >= 4 is 17.8 Å². The maximum absolute atomic E-state index is 12.5. The summed E-state index contributed by atoms with van der Waals surface area (Å²) in [4.78, 5) is 28.6. The maximum Gasteiger partial charge on any atom is 0.334 e. The molecular formula is C28H27NO5. The fourth-order valence-corrected chi connectivity index (χ4v) is 3.87. The Kier molecular flexibility index (Phi) is 7.71. The van der Waals surface area contributed by atoms with Crippen molar-refractivity contribution in [2.24, 2.45) is 4.99 Å². The molecule has 1 aliphatic heterocycles. The predicted octanol–water partition coefficient (Wildman–Crippen LogP) is 4.27. The molecule has 0 amide bonds. The van der Waals surface area contributed by atoms with Gasteiger partial charge in [-0.15, -0.1) is 0 Å². The average Bonchev–Trinajstić information content (AvgIpc) is 3.38. The number of aryl methyl sites for hydroxylation is 1. The van der Waals surface area contributed by atoms with Crippen LogP contribution in [0.5, 0.6) is 0 Å². The van der Waals surface area contributed by atoms with Crippen LogP contribution in [-0.2, 0) is 43.2 Å². The van der Waals surface area contributed by atoms with Crippen LogP contribution in [0.3, 0.4) is 0 Å². The number of esters is 2. The molecule has 0 aliphatic carbocycles. The molecule has 0 N–H and O–H groups in total. The summed E-state index contributed by atoms with van der Waals surface area (Å²) in [6, 6.07) is 24.8. The van der Waals surface area contributed by atoms with Crippen LogP contribution in [0.2, 0.25) is 0 Å². The molecule has 3 aromatic carbocycles. The van der Waals surface area contributed by atoms with Gasteiger partial charge in [0.2, 0.25) is 5.90 Å². The fraction of sp³-hybridized carbons (Fsp3) is 0.250. The van der Waals surface area contributed by atoms with Gasteiger partial charge in [0.15, 0.2) is 6.04 Å². The predicted molar refractivity (Wildman–Crippen MR) is 129 cm³/mol. The summed E-state index contributed by atoms with van der Waals surface area (Å²) in [5.41, 5.74) is 5.03. The van der Waals surface area contributed by atoms with E-state index < -0.39 is 12.0 Å². The normalized spacial score (nSPS) is 14.7. The molecule has 174 valence electrons. The van der Waals surface area contributed by atoms with Gasteiger partial charge < -0.3 is 14.2 Å². The molecule has 0 fully saturated rings. The van der Waals surface area contributed by atoms with Gasteiger partial charge in [0.1, 0.15) is 13.2 Å². The first-order valence-corrected chi connectivity index (χ1v) is 11.3. The molecule has 4 rings (SSSR count). The maximum atomic E-state index is 12.5. The Hall–Kier alpha value is -3.93. The van der Waals surface area contributed by atoms with Gasteiger partial charge in [-0.05, 0) is 41.2 Å². The quantitative estimate of drug-likeness (QED) is 0.449. The summed E-state index contributed by atoms with van der Waals surface area (Å²) in [6.45, 7) is 0.368. The van der Waals surface area contributed by atoms with Gasteiger partial charge in [-0.25, -0.2) is 9.79 Å². The number of aliphatic imine (C=N–C) groups is 1. The molecule has 0 spiro atoms. The second-order valence-corrected chi connectivity index (χ2v) is 8.03. The minimum atomic E-state index is -0.681. The summed E-state index contributed by atoms with van der Waals surface area (Å²) < 4.78 is 16.0. The lowest BCUT2D eigenvalue weighted by molar-refractivity contribution is -0.146. The van der Waals surface area contributed by atoms with Crippen LogP contribution in [0.4, 0.5) is 0 Å². The molecular weight excluding hydrogens is 430 g/mol. The van der Waals surface area contributed by atoms with Crippen molar-refractivity contribution in [2.75, 3.05) is 13.7 Å². The van der Waals surface area contributed by atoms with Crippen molar-refractivity contribution in [3.05, 3.63) is 107 Å². The van der Waals surface area contributed by atoms with E-state index in [0.717, 1.165) is 27.8 Å². The number of nitrogens with zero attached hydrogens (tertiary/aromatic N) is 1. The van der Waals surface area contributed by atoms with Crippen LogP contribution in [0.1, 0.15) is 34.2 Å². The number of benzene rings is 3. The number of rotatable bonds is 9. The Balaban J connectivity index is 1.47. The largest absolute Gasteiger partial charge is 0.475 e. The Labute approximate surface area is 199 Å². The highest BCUT2D eigenvalue weighted by Gasteiger charge is 2.29. The Morgan fingerprint density at radius 3 is 2.35 bits per heavy atom. The zero-order valence-corrected chi connectivity index (χ0v) is 19.1. The smallest absolute Gasteiger partial charge is 0.334 e. The van der Waals surface area contributed by atoms with Crippen molar-refractivity contribution in [3.8, 4) is 0 Å². The van der Waals surface area contributed by atoms with E-state index in [1.165, 1.54) is 7.11 Å². The molecule has 0 aromatic heterocycles. The summed E-state index contributed by atoms with van der Waals surface area (Å²) in [5.74, 6) is -0.178. The first kappa shape index (κ1) is 23.2. The number of carbonyl (C=O) groups is 2. The topological polar surface area (TPSA) is 74.2 Å². The number of hydrogen-bond acceptors (Lipinski definition) is 6. The second-order valence-electron chi connectivity index (χ2n) is 8.03. The van der Waals surface area contributed by atoms with Gasteiger partial charge in [0.25, 0.3) is 0 Å². The molecule has 6 heteroatoms. The molecule has 1 unspecified atom stereocenters. The summed E-state index contributed by atoms with van der Waals surface area (Å²) in [7, 11) is 1.40. The summed E-state index contributed by atoms with van der Waals surface area (Å²) >= 11 is 0.